The maximum Gasteiger partial charge on any atom is 0.129 e. The minimum absolute atomic E-state index is 0.101. The molecule has 2 heteroatoms. The van der Waals surface area contributed by atoms with Crippen LogP contribution in [0, 0.1) is 0 Å². The minimum atomic E-state index is -0.101. The predicted molar refractivity (Wildman–Crippen MR) is 70.2 cm³/mol. The van der Waals surface area contributed by atoms with E-state index in [2.05, 4.69) is 5.32 Å². The molecule has 2 aromatic carbocycles. The van der Waals surface area contributed by atoms with E-state index in [0.717, 1.165) is 17.5 Å². The second kappa shape index (κ2) is 5.85. The van der Waals surface area contributed by atoms with Gasteiger partial charge in [0.2, 0.25) is 0 Å². The van der Waals surface area contributed by atoms with E-state index in [0.29, 0.717) is 6.54 Å². The van der Waals surface area contributed by atoms with Gasteiger partial charge in [0.05, 0.1) is 5.92 Å². The number of carbonyl (C=O) groups is 1. The highest BCUT2D eigenvalue weighted by atomic mass is 16.1. The normalized spacial score (nSPS) is 11.8. The van der Waals surface area contributed by atoms with E-state index in [1.807, 2.05) is 60.7 Å². The summed E-state index contributed by atoms with van der Waals surface area (Å²) in [6.45, 7) is 0.623. The highest BCUT2D eigenvalue weighted by Gasteiger charge is 2.08. The molecule has 1 atom stereocenters. The molecule has 0 amide bonds. The standard InChI is InChI=1S/C15H15NO/c17-12-14(13-7-3-1-4-8-13)11-16-15-9-5-2-6-10-15/h1-10,12,14,16H,11H2. The summed E-state index contributed by atoms with van der Waals surface area (Å²) in [6.07, 6.45) is 0.991. The first kappa shape index (κ1) is 11.4. The van der Waals surface area contributed by atoms with Crippen molar-refractivity contribution in [2.45, 2.75) is 5.92 Å². The van der Waals surface area contributed by atoms with Crippen molar-refractivity contribution in [1.82, 2.24) is 0 Å². The molecule has 0 aliphatic heterocycles. The van der Waals surface area contributed by atoms with Gasteiger partial charge in [0.25, 0.3) is 0 Å². The molecular formula is C15H15NO. The van der Waals surface area contributed by atoms with Crippen LogP contribution >= 0.6 is 0 Å². The molecule has 0 heterocycles. The molecule has 0 aromatic heterocycles. The van der Waals surface area contributed by atoms with E-state index < -0.39 is 0 Å². The van der Waals surface area contributed by atoms with Crippen molar-refractivity contribution >= 4 is 12.0 Å². The summed E-state index contributed by atoms with van der Waals surface area (Å²) < 4.78 is 0. The number of hydrogen-bond acceptors (Lipinski definition) is 2. The Morgan fingerprint density at radius 1 is 0.941 bits per heavy atom. The lowest BCUT2D eigenvalue weighted by Crippen LogP contribution is -2.13. The highest BCUT2D eigenvalue weighted by Crippen LogP contribution is 2.14. The Balaban J connectivity index is 2.00. The fourth-order valence-electron chi connectivity index (χ4n) is 1.73. The average molecular weight is 225 g/mol. The van der Waals surface area contributed by atoms with Gasteiger partial charge in [-0.05, 0) is 17.7 Å². The Morgan fingerprint density at radius 2 is 1.53 bits per heavy atom. The first-order chi connectivity index (χ1) is 8.40. The Bertz CT molecular complexity index is 453. The molecule has 2 aromatic rings. The molecule has 0 aliphatic carbocycles. The van der Waals surface area contributed by atoms with Gasteiger partial charge in [0.1, 0.15) is 6.29 Å². The van der Waals surface area contributed by atoms with Gasteiger partial charge in [-0.1, -0.05) is 48.5 Å². The maximum atomic E-state index is 11.1. The molecule has 0 spiro atoms. The van der Waals surface area contributed by atoms with Crippen LogP contribution in [0.3, 0.4) is 0 Å². The third kappa shape index (κ3) is 3.18. The summed E-state index contributed by atoms with van der Waals surface area (Å²) in [4.78, 5) is 11.1. The predicted octanol–water partition coefficient (Wildman–Crippen LogP) is 3.08. The molecule has 2 nitrogen and oxygen atoms in total. The summed E-state index contributed by atoms with van der Waals surface area (Å²) in [7, 11) is 0. The van der Waals surface area contributed by atoms with Crippen LogP contribution in [-0.4, -0.2) is 12.8 Å². The third-order valence-electron chi connectivity index (χ3n) is 2.69. The zero-order chi connectivity index (χ0) is 11.9. The van der Waals surface area contributed by atoms with Gasteiger partial charge in [-0.25, -0.2) is 0 Å². The Morgan fingerprint density at radius 3 is 2.12 bits per heavy atom. The van der Waals surface area contributed by atoms with Crippen LogP contribution in [0.1, 0.15) is 11.5 Å². The Kier molecular flexibility index (Phi) is 3.92. The van der Waals surface area contributed by atoms with Gasteiger partial charge in [0.15, 0.2) is 0 Å². The third-order valence-corrected chi connectivity index (χ3v) is 2.69. The molecule has 0 aliphatic rings. The van der Waals surface area contributed by atoms with Crippen LogP contribution in [0.2, 0.25) is 0 Å². The maximum absolute atomic E-state index is 11.1. The van der Waals surface area contributed by atoms with Crippen LogP contribution in [0.15, 0.2) is 60.7 Å². The van der Waals surface area contributed by atoms with Crippen molar-refractivity contribution in [3.05, 3.63) is 66.2 Å². The largest absolute Gasteiger partial charge is 0.384 e. The van der Waals surface area contributed by atoms with Gasteiger partial charge in [-0.2, -0.15) is 0 Å². The van der Waals surface area contributed by atoms with Crippen molar-refractivity contribution < 1.29 is 4.79 Å². The van der Waals surface area contributed by atoms with Gasteiger partial charge >= 0.3 is 0 Å². The molecule has 1 unspecified atom stereocenters. The lowest BCUT2D eigenvalue weighted by Gasteiger charge is -2.12. The number of carbonyl (C=O) groups excluding carboxylic acids is 1. The molecule has 1 N–H and O–H groups in total. The molecular weight excluding hydrogens is 210 g/mol. The van der Waals surface area contributed by atoms with Crippen molar-refractivity contribution in [3.63, 3.8) is 0 Å². The summed E-state index contributed by atoms with van der Waals surface area (Å²) >= 11 is 0. The van der Waals surface area contributed by atoms with Crippen molar-refractivity contribution in [2.75, 3.05) is 11.9 Å². The second-order valence-electron chi connectivity index (χ2n) is 3.90. The molecule has 0 saturated carbocycles. The Labute approximate surface area is 101 Å². The Hall–Kier alpha value is -2.09. The fraction of sp³-hybridized carbons (Fsp3) is 0.133. The summed E-state index contributed by atoms with van der Waals surface area (Å²) in [6, 6.07) is 19.7. The van der Waals surface area contributed by atoms with Crippen LogP contribution in [-0.2, 0) is 4.79 Å². The SMILES string of the molecule is O=CC(CNc1ccccc1)c1ccccc1. The van der Waals surface area contributed by atoms with E-state index >= 15 is 0 Å². The van der Waals surface area contributed by atoms with E-state index in [1.54, 1.807) is 0 Å². The van der Waals surface area contributed by atoms with Crippen LogP contribution in [0.4, 0.5) is 5.69 Å². The first-order valence-corrected chi connectivity index (χ1v) is 5.69. The summed E-state index contributed by atoms with van der Waals surface area (Å²) in [5, 5.41) is 3.26. The quantitative estimate of drug-likeness (QED) is 0.792. The average Bonchev–Trinajstić information content (AvgIpc) is 2.42. The summed E-state index contributed by atoms with van der Waals surface area (Å²) in [5.74, 6) is -0.101. The second-order valence-corrected chi connectivity index (χ2v) is 3.90. The number of aldehydes is 1. The molecule has 0 saturated heterocycles. The summed E-state index contributed by atoms with van der Waals surface area (Å²) in [5.41, 5.74) is 2.08. The molecule has 0 radical (unpaired) electrons. The highest BCUT2D eigenvalue weighted by molar-refractivity contribution is 5.63. The number of anilines is 1. The number of para-hydroxylation sites is 1. The van der Waals surface area contributed by atoms with Crippen molar-refractivity contribution in [1.29, 1.82) is 0 Å². The molecule has 86 valence electrons. The van der Waals surface area contributed by atoms with Crippen LogP contribution < -0.4 is 5.32 Å². The fourth-order valence-corrected chi connectivity index (χ4v) is 1.73. The molecule has 0 bridgehead atoms. The lowest BCUT2D eigenvalue weighted by molar-refractivity contribution is -0.108. The smallest absolute Gasteiger partial charge is 0.129 e. The van der Waals surface area contributed by atoms with E-state index in [1.165, 1.54) is 0 Å². The minimum Gasteiger partial charge on any atom is -0.384 e. The van der Waals surface area contributed by atoms with Crippen LogP contribution in [0.25, 0.3) is 0 Å². The van der Waals surface area contributed by atoms with E-state index in [4.69, 9.17) is 0 Å². The van der Waals surface area contributed by atoms with Crippen molar-refractivity contribution in [3.8, 4) is 0 Å². The van der Waals surface area contributed by atoms with Gasteiger partial charge in [-0.3, -0.25) is 0 Å². The zero-order valence-corrected chi connectivity index (χ0v) is 9.54. The van der Waals surface area contributed by atoms with Gasteiger partial charge in [0, 0.05) is 12.2 Å². The first-order valence-electron chi connectivity index (χ1n) is 5.69. The molecule has 2 rings (SSSR count). The number of nitrogens with one attached hydrogen (secondary N) is 1. The topological polar surface area (TPSA) is 29.1 Å². The van der Waals surface area contributed by atoms with Gasteiger partial charge < -0.3 is 10.1 Å². The lowest BCUT2D eigenvalue weighted by atomic mass is 10.0. The van der Waals surface area contributed by atoms with E-state index in [9.17, 15) is 4.79 Å². The number of hydrogen-bond donors (Lipinski definition) is 1. The zero-order valence-electron chi connectivity index (χ0n) is 9.54. The van der Waals surface area contributed by atoms with Crippen molar-refractivity contribution in [2.24, 2.45) is 0 Å². The van der Waals surface area contributed by atoms with Crippen LogP contribution in [0.5, 0.6) is 0 Å². The van der Waals surface area contributed by atoms with Gasteiger partial charge in [-0.15, -0.1) is 0 Å². The van der Waals surface area contributed by atoms with E-state index in [-0.39, 0.29) is 5.92 Å². The monoisotopic (exact) mass is 225 g/mol. The molecule has 0 fully saturated rings. The number of benzene rings is 2. The number of rotatable bonds is 5. The molecule has 17 heavy (non-hydrogen) atoms.